The molecule has 1 aliphatic rings. The summed E-state index contributed by atoms with van der Waals surface area (Å²) in [5, 5.41) is 3.11. The van der Waals surface area contributed by atoms with E-state index in [-0.39, 0.29) is 11.9 Å². The Morgan fingerprint density at radius 3 is 2.68 bits per heavy atom. The van der Waals surface area contributed by atoms with E-state index in [4.69, 9.17) is 4.74 Å². The molecule has 106 valence electrons. The Bertz CT molecular complexity index is 528. The molecule has 0 spiro atoms. The Balaban J connectivity index is 2.26. The minimum absolute atomic E-state index is 0.00324. The largest absolute Gasteiger partial charge is 0.488 e. The molecule has 1 unspecified atom stereocenters. The van der Waals surface area contributed by atoms with E-state index < -0.39 is 20.5 Å². The van der Waals surface area contributed by atoms with Crippen LogP contribution in [-0.2, 0) is 9.84 Å². The van der Waals surface area contributed by atoms with Crippen LogP contribution in [0.25, 0.3) is 0 Å². The smallest absolute Gasteiger partial charge is 0.341 e. The molecule has 1 heterocycles. The zero-order valence-corrected chi connectivity index (χ0v) is 11.0. The van der Waals surface area contributed by atoms with Crippen LogP contribution in [0.4, 0.5) is 8.78 Å². The topological polar surface area (TPSA) is 55.4 Å². The molecule has 0 aliphatic carbocycles. The fourth-order valence-corrected chi connectivity index (χ4v) is 2.84. The molecule has 0 amide bonds. The van der Waals surface area contributed by atoms with Gasteiger partial charge in [0.15, 0.2) is 0 Å². The number of ether oxygens (including phenoxy) is 1. The summed E-state index contributed by atoms with van der Waals surface area (Å²) in [6, 6.07) is 5.52. The Labute approximate surface area is 110 Å². The van der Waals surface area contributed by atoms with E-state index >= 15 is 0 Å². The quantitative estimate of drug-likeness (QED) is 0.919. The van der Waals surface area contributed by atoms with E-state index in [1.165, 1.54) is 12.1 Å². The molecule has 1 aromatic carbocycles. The van der Waals surface area contributed by atoms with Crippen molar-refractivity contribution < 1.29 is 21.9 Å². The summed E-state index contributed by atoms with van der Waals surface area (Å²) in [6.07, 6.45) is 1.49. The van der Waals surface area contributed by atoms with Crippen molar-refractivity contribution >= 4 is 9.84 Å². The zero-order chi connectivity index (χ0) is 13.9. The Morgan fingerprint density at radius 2 is 2.05 bits per heavy atom. The summed E-state index contributed by atoms with van der Waals surface area (Å²) in [4.78, 5) is -0.449. The molecule has 2 rings (SSSR count). The average molecular weight is 291 g/mol. The van der Waals surface area contributed by atoms with Gasteiger partial charge >= 0.3 is 5.76 Å². The molecular weight excluding hydrogens is 276 g/mol. The molecule has 0 saturated carbocycles. The van der Waals surface area contributed by atoms with Crippen LogP contribution in [0.3, 0.4) is 0 Å². The van der Waals surface area contributed by atoms with E-state index in [9.17, 15) is 17.2 Å². The Kier molecular flexibility index (Phi) is 4.36. The van der Waals surface area contributed by atoms with Crippen LogP contribution in [0.2, 0.25) is 0 Å². The van der Waals surface area contributed by atoms with Gasteiger partial charge in [-0.1, -0.05) is 12.1 Å². The second-order valence-corrected chi connectivity index (χ2v) is 6.22. The second kappa shape index (κ2) is 5.83. The van der Waals surface area contributed by atoms with Crippen molar-refractivity contribution in [3.63, 3.8) is 0 Å². The first-order valence-corrected chi connectivity index (χ1v) is 7.55. The monoisotopic (exact) mass is 291 g/mol. The van der Waals surface area contributed by atoms with Gasteiger partial charge in [-0.25, -0.2) is 8.42 Å². The number of hydrogen-bond donors (Lipinski definition) is 1. The Hall–Kier alpha value is -1.21. The number of benzene rings is 1. The summed E-state index contributed by atoms with van der Waals surface area (Å²) in [6.45, 7) is 1.47. The van der Waals surface area contributed by atoms with Crippen molar-refractivity contribution in [1.82, 2.24) is 5.32 Å². The zero-order valence-electron chi connectivity index (χ0n) is 10.2. The molecule has 1 saturated heterocycles. The number of hydrogen-bond acceptors (Lipinski definition) is 4. The number of nitrogens with one attached hydrogen (secondary N) is 1. The van der Waals surface area contributed by atoms with Gasteiger partial charge in [0.05, 0.1) is 0 Å². The average Bonchev–Trinajstić information content (AvgIpc) is 2.40. The minimum atomic E-state index is -4.64. The molecule has 1 N–H and O–H groups in total. The minimum Gasteiger partial charge on any atom is -0.488 e. The summed E-state index contributed by atoms with van der Waals surface area (Å²) in [7, 11) is -4.64. The van der Waals surface area contributed by atoms with Crippen LogP contribution in [0, 0.1) is 0 Å². The van der Waals surface area contributed by atoms with Crippen molar-refractivity contribution in [1.29, 1.82) is 0 Å². The third kappa shape index (κ3) is 3.22. The van der Waals surface area contributed by atoms with Crippen molar-refractivity contribution in [3.05, 3.63) is 24.3 Å². The second-order valence-electron chi connectivity index (χ2n) is 4.34. The standard InChI is InChI=1S/C12H15F2NO3S/c13-12(14)19(16,17)11-6-2-1-5-10(11)18-9-4-3-7-15-8-9/h1-2,5-6,9,12,15H,3-4,7-8H2. The van der Waals surface area contributed by atoms with Crippen molar-refractivity contribution in [2.75, 3.05) is 13.1 Å². The lowest BCUT2D eigenvalue weighted by Gasteiger charge is -2.24. The van der Waals surface area contributed by atoms with Gasteiger partial charge in [0.2, 0.25) is 9.84 Å². The lowest BCUT2D eigenvalue weighted by molar-refractivity contribution is 0.162. The number of para-hydroxylation sites is 1. The predicted octanol–water partition coefficient (Wildman–Crippen LogP) is 1.81. The van der Waals surface area contributed by atoms with Crippen LogP contribution >= 0.6 is 0 Å². The third-order valence-electron chi connectivity index (χ3n) is 2.94. The lowest BCUT2D eigenvalue weighted by atomic mass is 10.1. The molecule has 1 aliphatic heterocycles. The van der Waals surface area contributed by atoms with Gasteiger partial charge in [-0.05, 0) is 31.5 Å². The van der Waals surface area contributed by atoms with Gasteiger partial charge < -0.3 is 10.1 Å². The molecule has 7 heteroatoms. The normalized spacial score (nSPS) is 20.5. The molecule has 4 nitrogen and oxygen atoms in total. The number of sulfone groups is 1. The molecule has 19 heavy (non-hydrogen) atoms. The fourth-order valence-electron chi connectivity index (χ4n) is 1.98. The van der Waals surface area contributed by atoms with E-state index in [2.05, 4.69) is 5.32 Å². The molecule has 0 radical (unpaired) electrons. The SMILES string of the molecule is O=S(=O)(c1ccccc1OC1CCCNC1)C(F)F. The number of halogens is 2. The van der Waals surface area contributed by atoms with Crippen LogP contribution in [-0.4, -0.2) is 33.4 Å². The molecule has 0 aromatic heterocycles. The summed E-state index contributed by atoms with van der Waals surface area (Å²) >= 11 is 0. The highest BCUT2D eigenvalue weighted by Crippen LogP contribution is 2.29. The van der Waals surface area contributed by atoms with E-state index in [1.807, 2.05) is 0 Å². The highest BCUT2D eigenvalue weighted by atomic mass is 32.2. The lowest BCUT2D eigenvalue weighted by Crippen LogP contribution is -2.37. The van der Waals surface area contributed by atoms with Crippen molar-refractivity contribution in [2.45, 2.75) is 29.6 Å². The van der Waals surface area contributed by atoms with Gasteiger partial charge in [0.1, 0.15) is 16.7 Å². The van der Waals surface area contributed by atoms with E-state index in [0.717, 1.165) is 25.5 Å². The maximum Gasteiger partial charge on any atom is 0.341 e. The van der Waals surface area contributed by atoms with Gasteiger partial charge in [-0.3, -0.25) is 0 Å². The van der Waals surface area contributed by atoms with Crippen LogP contribution in [0.5, 0.6) is 5.75 Å². The summed E-state index contributed by atoms with van der Waals surface area (Å²) in [5.41, 5.74) is 0. The number of piperidine rings is 1. The van der Waals surface area contributed by atoms with Gasteiger partial charge in [0.25, 0.3) is 0 Å². The number of rotatable bonds is 4. The first kappa shape index (κ1) is 14.2. The number of alkyl halides is 2. The van der Waals surface area contributed by atoms with Crippen molar-refractivity contribution in [2.24, 2.45) is 0 Å². The van der Waals surface area contributed by atoms with Crippen molar-refractivity contribution in [3.8, 4) is 5.75 Å². The summed E-state index contributed by atoms with van der Waals surface area (Å²) < 4.78 is 53.8. The van der Waals surface area contributed by atoms with E-state index in [1.54, 1.807) is 6.07 Å². The molecule has 0 bridgehead atoms. The van der Waals surface area contributed by atoms with Crippen LogP contribution in [0.15, 0.2) is 29.2 Å². The maximum atomic E-state index is 12.6. The van der Waals surface area contributed by atoms with Crippen LogP contribution < -0.4 is 10.1 Å². The van der Waals surface area contributed by atoms with Crippen LogP contribution in [0.1, 0.15) is 12.8 Å². The Morgan fingerprint density at radius 1 is 1.32 bits per heavy atom. The fraction of sp³-hybridized carbons (Fsp3) is 0.500. The first-order valence-electron chi connectivity index (χ1n) is 6.00. The molecular formula is C12H15F2NO3S. The molecule has 1 atom stereocenters. The highest BCUT2D eigenvalue weighted by molar-refractivity contribution is 7.91. The van der Waals surface area contributed by atoms with Gasteiger partial charge in [0, 0.05) is 6.54 Å². The first-order chi connectivity index (χ1) is 9.01. The molecule has 1 aromatic rings. The van der Waals surface area contributed by atoms with Gasteiger partial charge in [-0.2, -0.15) is 8.78 Å². The summed E-state index contributed by atoms with van der Waals surface area (Å²) in [5.74, 6) is -3.45. The van der Waals surface area contributed by atoms with Gasteiger partial charge in [-0.15, -0.1) is 0 Å². The predicted molar refractivity (Wildman–Crippen MR) is 66.2 cm³/mol. The molecule has 1 fully saturated rings. The maximum absolute atomic E-state index is 12.6. The van der Waals surface area contributed by atoms with E-state index in [0.29, 0.717) is 6.54 Å². The highest BCUT2D eigenvalue weighted by Gasteiger charge is 2.30. The third-order valence-corrected chi connectivity index (χ3v) is 4.35.